The summed E-state index contributed by atoms with van der Waals surface area (Å²) in [6.45, 7) is 2.24. The van der Waals surface area contributed by atoms with E-state index in [4.69, 9.17) is 0 Å². The first-order valence-corrected chi connectivity index (χ1v) is 6.40. The molecule has 1 nitrogen and oxygen atoms in total. The number of hydrogen-bond donors (Lipinski definition) is 0. The molecule has 0 aromatic heterocycles. The Morgan fingerprint density at radius 1 is 1.07 bits per heavy atom. The van der Waals surface area contributed by atoms with Gasteiger partial charge in [0.05, 0.1) is 0 Å². The van der Waals surface area contributed by atoms with E-state index in [9.17, 15) is 4.79 Å². The van der Waals surface area contributed by atoms with E-state index in [2.05, 4.69) is 22.9 Å². The molecule has 0 N–H and O–H groups in total. The molecule has 0 unspecified atom stereocenters. The maximum atomic E-state index is 10.1. The molecule has 0 amide bonds. The molecule has 2 heteroatoms. The smallest absolute Gasteiger partial charge is 0.143 e. The van der Waals surface area contributed by atoms with Gasteiger partial charge in [0.1, 0.15) is 6.29 Å². The van der Waals surface area contributed by atoms with Crippen molar-refractivity contribution in [3.63, 3.8) is 0 Å². The van der Waals surface area contributed by atoms with Gasteiger partial charge in [-0.3, -0.25) is 4.79 Å². The Labute approximate surface area is 96.1 Å². The largest absolute Gasteiger partial charge is 0.299 e. The van der Waals surface area contributed by atoms with Gasteiger partial charge in [0.25, 0.3) is 0 Å². The monoisotopic (exact) mass is 260 g/mol. The third kappa shape index (κ3) is 9.97. The molecule has 0 aromatic rings. The zero-order valence-corrected chi connectivity index (χ0v) is 10.7. The third-order valence-electron chi connectivity index (χ3n) is 2.27. The second kappa shape index (κ2) is 11.0. The molecule has 0 bridgehead atoms. The fourth-order valence-electron chi connectivity index (χ4n) is 1.41. The van der Waals surface area contributed by atoms with Gasteiger partial charge in [-0.25, -0.2) is 0 Å². The minimum atomic E-state index is 0.839. The fourth-order valence-corrected chi connectivity index (χ4v) is 1.80. The van der Waals surface area contributed by atoms with E-state index in [-0.39, 0.29) is 0 Å². The molecular formula is C12H21BrO. The van der Waals surface area contributed by atoms with Crippen molar-refractivity contribution in [2.75, 3.05) is 0 Å². The normalized spacial score (nSPS) is 11.7. The molecule has 0 atom stereocenters. The van der Waals surface area contributed by atoms with Crippen LogP contribution in [-0.2, 0) is 4.79 Å². The molecule has 0 aliphatic carbocycles. The average Bonchev–Trinajstić information content (AvgIpc) is 2.17. The first-order chi connectivity index (χ1) is 6.81. The Hall–Kier alpha value is -0.110. The molecule has 0 heterocycles. The molecule has 0 aromatic carbocycles. The minimum absolute atomic E-state index is 0.839. The molecule has 0 aliphatic rings. The van der Waals surface area contributed by atoms with Crippen molar-refractivity contribution in [2.45, 2.75) is 58.3 Å². The van der Waals surface area contributed by atoms with Crippen LogP contribution in [0.4, 0.5) is 0 Å². The number of unbranched alkanes of at least 4 members (excludes halogenated alkanes) is 6. The van der Waals surface area contributed by atoms with E-state index in [0.717, 1.165) is 17.2 Å². The minimum Gasteiger partial charge on any atom is -0.299 e. The second-order valence-corrected chi connectivity index (χ2v) is 4.64. The van der Waals surface area contributed by atoms with Crippen LogP contribution in [0.5, 0.6) is 0 Å². The number of aldehydes is 1. The van der Waals surface area contributed by atoms with Gasteiger partial charge in [0.15, 0.2) is 0 Å². The zero-order chi connectivity index (χ0) is 10.6. The summed E-state index contributed by atoms with van der Waals surface area (Å²) in [7, 11) is 0. The quantitative estimate of drug-likeness (QED) is 0.336. The molecule has 0 aliphatic heterocycles. The van der Waals surface area contributed by atoms with Crippen LogP contribution < -0.4 is 0 Å². The van der Waals surface area contributed by atoms with Gasteiger partial charge >= 0.3 is 0 Å². The second-order valence-electron chi connectivity index (χ2n) is 3.62. The van der Waals surface area contributed by atoms with Crippen LogP contribution in [0, 0.1) is 0 Å². The Morgan fingerprint density at radius 2 is 1.64 bits per heavy atom. The van der Waals surface area contributed by atoms with Gasteiger partial charge in [0, 0.05) is 0 Å². The topological polar surface area (TPSA) is 17.1 Å². The van der Waals surface area contributed by atoms with Crippen molar-refractivity contribution in [3.05, 3.63) is 10.6 Å². The summed E-state index contributed by atoms with van der Waals surface area (Å²) in [5.41, 5.74) is 0. The first-order valence-electron chi connectivity index (χ1n) is 5.61. The lowest BCUT2D eigenvalue weighted by Gasteiger charge is -2.00. The molecule has 0 radical (unpaired) electrons. The highest BCUT2D eigenvalue weighted by atomic mass is 79.9. The van der Waals surface area contributed by atoms with Crippen molar-refractivity contribution in [2.24, 2.45) is 0 Å². The SMILES string of the molecule is CCCCCCCCCC(Br)=CC=O. The van der Waals surface area contributed by atoms with Crippen LogP contribution in [0.1, 0.15) is 58.3 Å². The fraction of sp³-hybridized carbons (Fsp3) is 0.750. The molecule has 0 fully saturated rings. The Balaban J connectivity index is 3.13. The van der Waals surface area contributed by atoms with Crippen LogP contribution in [0.25, 0.3) is 0 Å². The summed E-state index contributed by atoms with van der Waals surface area (Å²) >= 11 is 3.36. The van der Waals surface area contributed by atoms with Crippen molar-refractivity contribution < 1.29 is 4.79 Å². The lowest BCUT2D eigenvalue weighted by Crippen LogP contribution is -1.81. The van der Waals surface area contributed by atoms with Gasteiger partial charge in [-0.1, -0.05) is 61.4 Å². The lowest BCUT2D eigenvalue weighted by atomic mass is 10.1. The van der Waals surface area contributed by atoms with Crippen molar-refractivity contribution in [3.8, 4) is 0 Å². The Bertz CT molecular complexity index is 164. The standard InChI is InChI=1S/C12H21BrO/c1-2-3-4-5-6-7-8-9-12(13)10-11-14/h10-11H,2-9H2,1H3. The van der Waals surface area contributed by atoms with E-state index >= 15 is 0 Å². The van der Waals surface area contributed by atoms with Crippen molar-refractivity contribution in [1.82, 2.24) is 0 Å². The van der Waals surface area contributed by atoms with Gasteiger partial charge in [-0.2, -0.15) is 0 Å². The third-order valence-corrected chi connectivity index (χ3v) is 2.93. The van der Waals surface area contributed by atoms with E-state index in [1.807, 2.05) is 0 Å². The number of carbonyl (C=O) groups is 1. The molecule has 82 valence electrons. The molecular weight excluding hydrogens is 240 g/mol. The summed E-state index contributed by atoms with van der Waals surface area (Å²) in [4.78, 5) is 10.1. The number of carbonyl (C=O) groups excluding carboxylic acids is 1. The maximum Gasteiger partial charge on any atom is 0.143 e. The van der Waals surface area contributed by atoms with Gasteiger partial charge in [-0.05, 0) is 23.4 Å². The van der Waals surface area contributed by atoms with E-state index < -0.39 is 0 Å². The highest BCUT2D eigenvalue weighted by Gasteiger charge is 1.93. The summed E-state index contributed by atoms with van der Waals surface area (Å²) in [6, 6.07) is 0. The lowest BCUT2D eigenvalue weighted by molar-refractivity contribution is -0.104. The number of hydrogen-bond acceptors (Lipinski definition) is 1. The molecule has 0 rings (SSSR count). The summed E-state index contributed by atoms with van der Waals surface area (Å²) in [5.74, 6) is 0. The molecule has 14 heavy (non-hydrogen) atoms. The van der Waals surface area contributed by atoms with E-state index in [0.29, 0.717) is 0 Å². The predicted octanol–water partition coefficient (Wildman–Crippen LogP) is 4.60. The molecule has 0 saturated heterocycles. The van der Waals surface area contributed by atoms with Crippen LogP contribution in [0.2, 0.25) is 0 Å². The maximum absolute atomic E-state index is 10.1. The Morgan fingerprint density at radius 3 is 2.21 bits per heavy atom. The highest BCUT2D eigenvalue weighted by molar-refractivity contribution is 9.11. The number of halogens is 1. The number of allylic oxidation sites excluding steroid dienone is 2. The number of rotatable bonds is 9. The van der Waals surface area contributed by atoms with Crippen LogP contribution in [0.3, 0.4) is 0 Å². The van der Waals surface area contributed by atoms with Gasteiger partial charge in [-0.15, -0.1) is 0 Å². The van der Waals surface area contributed by atoms with Crippen LogP contribution >= 0.6 is 15.9 Å². The van der Waals surface area contributed by atoms with Crippen molar-refractivity contribution in [1.29, 1.82) is 0 Å². The highest BCUT2D eigenvalue weighted by Crippen LogP contribution is 2.15. The van der Waals surface area contributed by atoms with Crippen molar-refractivity contribution >= 4 is 22.2 Å². The summed E-state index contributed by atoms with van der Waals surface area (Å²) < 4.78 is 1.03. The van der Waals surface area contributed by atoms with Crippen LogP contribution in [0.15, 0.2) is 10.6 Å². The zero-order valence-electron chi connectivity index (χ0n) is 9.10. The summed E-state index contributed by atoms with van der Waals surface area (Å²) in [5, 5.41) is 0. The predicted molar refractivity (Wildman–Crippen MR) is 65.7 cm³/mol. The van der Waals surface area contributed by atoms with E-state index in [1.165, 1.54) is 44.9 Å². The van der Waals surface area contributed by atoms with Gasteiger partial charge in [0.2, 0.25) is 0 Å². The summed E-state index contributed by atoms with van der Waals surface area (Å²) in [6.07, 6.45) is 12.7. The first kappa shape index (κ1) is 13.9. The Kier molecular flexibility index (Phi) is 10.9. The molecule has 0 saturated carbocycles. The average molecular weight is 261 g/mol. The van der Waals surface area contributed by atoms with Crippen LogP contribution in [-0.4, -0.2) is 6.29 Å². The van der Waals surface area contributed by atoms with Gasteiger partial charge < -0.3 is 0 Å². The molecule has 0 spiro atoms. The van der Waals surface area contributed by atoms with E-state index in [1.54, 1.807) is 6.08 Å².